The number of furan rings is 2. The second-order valence-electron chi connectivity index (χ2n) is 30.7. The van der Waals surface area contributed by atoms with Gasteiger partial charge in [0.1, 0.15) is 33.4 Å². The zero-order valence-corrected chi connectivity index (χ0v) is 64.6. The van der Waals surface area contributed by atoms with Crippen LogP contribution in [0.25, 0.3) is 200 Å². The SMILES string of the molecule is c1ccc(-c2cccc(N(c3ccc(-c4cccc5oc6cc7nc(-c8ccccc8)oc7cc6c45)cc3)c3ccc4c(c3)c3ccccc3n4-c3ccc(-c4cccc(-n5c6ccccc6c6c(N(c7ccc(-c8cccc9c8oc8cc%10oc(-c%11ccccc%11)nc%10cc89)cc7)c7cccc(-c8ccccc8)c7)cccc65)c4)cc3)c2)cc1. The lowest BCUT2D eigenvalue weighted by Crippen LogP contribution is -2.10. The fourth-order valence-electron chi connectivity index (χ4n) is 18.2. The molecule has 6 aromatic heterocycles. The molecule has 10 nitrogen and oxygen atoms in total. The molecule has 0 fully saturated rings. The molecule has 0 saturated heterocycles. The normalized spacial score (nSPS) is 11.8. The van der Waals surface area contributed by atoms with Gasteiger partial charge in [0.15, 0.2) is 11.2 Å². The van der Waals surface area contributed by atoms with Gasteiger partial charge in [-0.3, -0.25) is 0 Å². The molecule has 10 heteroatoms. The predicted molar refractivity (Wildman–Crippen MR) is 492 cm³/mol. The number of rotatable bonds is 15. The van der Waals surface area contributed by atoms with Gasteiger partial charge in [0.05, 0.1) is 27.8 Å². The summed E-state index contributed by atoms with van der Waals surface area (Å²) in [5.74, 6) is 1.17. The van der Waals surface area contributed by atoms with Gasteiger partial charge in [-0.1, -0.05) is 243 Å². The van der Waals surface area contributed by atoms with E-state index in [1.54, 1.807) is 0 Å². The van der Waals surface area contributed by atoms with Crippen LogP contribution in [0.2, 0.25) is 0 Å². The van der Waals surface area contributed by atoms with Crippen molar-refractivity contribution in [2.75, 3.05) is 9.80 Å². The standard InChI is InChI=1S/C110H68N6O4/c1-5-23-69(24-6-1)76-31-17-34-82(61-76)113(79-55-49-72(50-56-79)86-39-21-46-101-106(86)93-66-104-95(67-102(93)117-101)112-110(119-104)75-29-11-4-12-30-75)85-59-60-98-91(64-85)88-37-13-15-42-96(88)115(98)81-53-47-71(48-54-81)78-33-19-36-84(63-78)116-97-43-16-14-38-90(97)107-99(44-22-45-100(107)116)114(83-35-18-32-77(62-83)70-25-7-2-8-26-70)80-57-51-73(52-58-80)87-40-20-41-89-92-65-94-105(68-103(92)118-108(87)89)120-109(111-94)74-27-9-3-10-28-74/h1-68H. The maximum absolute atomic E-state index is 6.80. The van der Waals surface area contributed by atoms with Gasteiger partial charge in [-0.05, 0) is 208 Å². The Kier molecular flexibility index (Phi) is 15.7. The number of benzene rings is 18. The van der Waals surface area contributed by atoms with Crippen molar-refractivity contribution in [1.82, 2.24) is 19.1 Å². The Labute approximate surface area is 688 Å². The molecule has 0 amide bonds. The van der Waals surface area contributed by atoms with Crippen molar-refractivity contribution in [3.05, 3.63) is 413 Å². The summed E-state index contributed by atoms with van der Waals surface area (Å²) >= 11 is 0. The zero-order chi connectivity index (χ0) is 78.9. The lowest BCUT2D eigenvalue weighted by atomic mass is 9.98. The molecule has 0 N–H and O–H groups in total. The Balaban J connectivity index is 0.571. The number of aromatic nitrogens is 4. The number of hydrogen-bond donors (Lipinski definition) is 0. The van der Waals surface area contributed by atoms with Crippen molar-refractivity contribution in [3.8, 4) is 89.9 Å². The summed E-state index contributed by atoms with van der Waals surface area (Å²) in [7, 11) is 0. The maximum Gasteiger partial charge on any atom is 0.227 e. The molecule has 0 bridgehead atoms. The van der Waals surface area contributed by atoms with Gasteiger partial charge in [0, 0.05) is 112 Å². The van der Waals surface area contributed by atoms with E-state index in [0.717, 1.165) is 211 Å². The van der Waals surface area contributed by atoms with E-state index in [-0.39, 0.29) is 0 Å². The third kappa shape index (κ3) is 11.4. The van der Waals surface area contributed by atoms with E-state index >= 15 is 0 Å². The van der Waals surface area contributed by atoms with Crippen LogP contribution in [0.3, 0.4) is 0 Å². The highest BCUT2D eigenvalue weighted by atomic mass is 16.4. The van der Waals surface area contributed by atoms with Crippen molar-refractivity contribution >= 4 is 144 Å². The van der Waals surface area contributed by atoms with Gasteiger partial charge in [0.25, 0.3) is 0 Å². The lowest BCUT2D eigenvalue weighted by Gasteiger charge is -2.27. The first-order valence-electron chi connectivity index (χ1n) is 40.5. The summed E-state index contributed by atoms with van der Waals surface area (Å²) < 4.78 is 31.0. The molecule has 0 atom stereocenters. The second kappa shape index (κ2) is 27.7. The molecule has 0 aliphatic rings. The van der Waals surface area contributed by atoms with E-state index in [1.165, 1.54) is 0 Å². The predicted octanol–water partition coefficient (Wildman–Crippen LogP) is 30.6. The Morgan fingerprint density at radius 1 is 0.208 bits per heavy atom. The molecular formula is C110H68N6O4. The van der Waals surface area contributed by atoms with Crippen LogP contribution in [0.4, 0.5) is 34.1 Å². The Hall–Kier alpha value is -16.3. The highest BCUT2D eigenvalue weighted by Gasteiger charge is 2.26. The molecule has 24 rings (SSSR count). The zero-order valence-electron chi connectivity index (χ0n) is 64.6. The van der Waals surface area contributed by atoms with Crippen molar-refractivity contribution in [2.45, 2.75) is 0 Å². The molecule has 0 aliphatic carbocycles. The summed E-state index contributed by atoms with van der Waals surface area (Å²) in [6.07, 6.45) is 0. The summed E-state index contributed by atoms with van der Waals surface area (Å²) in [6, 6.07) is 147. The minimum Gasteiger partial charge on any atom is -0.456 e. The van der Waals surface area contributed by atoms with E-state index < -0.39 is 0 Å². The van der Waals surface area contributed by atoms with Gasteiger partial charge in [-0.25, -0.2) is 9.97 Å². The molecule has 120 heavy (non-hydrogen) atoms. The number of para-hydroxylation sites is 3. The van der Waals surface area contributed by atoms with Gasteiger partial charge < -0.3 is 36.6 Å². The fraction of sp³-hybridized carbons (Fsp3) is 0. The van der Waals surface area contributed by atoms with Crippen LogP contribution in [0.1, 0.15) is 0 Å². The maximum atomic E-state index is 6.80. The van der Waals surface area contributed by atoms with Crippen molar-refractivity contribution in [2.24, 2.45) is 0 Å². The van der Waals surface area contributed by atoms with Crippen LogP contribution in [0, 0.1) is 0 Å². The topological polar surface area (TPSA) is 94.7 Å². The molecule has 0 spiro atoms. The number of anilines is 6. The second-order valence-corrected chi connectivity index (χ2v) is 30.7. The number of hydrogen-bond acceptors (Lipinski definition) is 8. The molecule has 0 saturated carbocycles. The van der Waals surface area contributed by atoms with Crippen LogP contribution in [0.15, 0.2) is 430 Å². The summed E-state index contributed by atoms with van der Waals surface area (Å²) in [5.41, 5.74) is 31.6. The molecular weight excluding hydrogens is 1470 g/mol. The summed E-state index contributed by atoms with van der Waals surface area (Å²) in [6.45, 7) is 0. The summed E-state index contributed by atoms with van der Waals surface area (Å²) in [4.78, 5) is 14.6. The quantitative estimate of drug-likeness (QED) is 0.100. The third-order valence-corrected chi connectivity index (χ3v) is 23.7. The minimum atomic E-state index is 0.581. The molecule has 18 aromatic carbocycles. The van der Waals surface area contributed by atoms with Crippen LogP contribution < -0.4 is 9.80 Å². The lowest BCUT2D eigenvalue weighted by molar-refractivity contribution is 0.617. The highest BCUT2D eigenvalue weighted by Crippen LogP contribution is 2.49. The van der Waals surface area contributed by atoms with Crippen LogP contribution in [-0.2, 0) is 0 Å². The fourth-order valence-corrected chi connectivity index (χ4v) is 18.2. The van der Waals surface area contributed by atoms with E-state index in [1.807, 2.05) is 78.9 Å². The first-order valence-corrected chi connectivity index (χ1v) is 40.5. The molecule has 6 heterocycles. The Morgan fingerprint density at radius 3 is 1.36 bits per heavy atom. The van der Waals surface area contributed by atoms with Crippen LogP contribution >= 0.6 is 0 Å². The first kappa shape index (κ1) is 68.1. The van der Waals surface area contributed by atoms with Gasteiger partial charge in [0.2, 0.25) is 11.8 Å². The van der Waals surface area contributed by atoms with Gasteiger partial charge in [-0.15, -0.1) is 0 Å². The monoisotopic (exact) mass is 1540 g/mol. The Bertz CT molecular complexity index is 8140. The molecule has 0 unspecified atom stereocenters. The molecule has 0 radical (unpaired) electrons. The average molecular weight is 1540 g/mol. The van der Waals surface area contributed by atoms with Crippen molar-refractivity contribution < 1.29 is 17.7 Å². The number of fused-ring (bicyclic) bond motifs is 14. The van der Waals surface area contributed by atoms with Gasteiger partial charge in [-0.2, -0.15) is 0 Å². The first-order chi connectivity index (χ1) is 59.4. The summed E-state index contributed by atoms with van der Waals surface area (Å²) in [5, 5.41) is 8.61. The molecule has 562 valence electrons. The minimum absolute atomic E-state index is 0.581. The van der Waals surface area contributed by atoms with E-state index in [9.17, 15) is 0 Å². The van der Waals surface area contributed by atoms with E-state index in [0.29, 0.717) is 22.9 Å². The molecule has 24 aromatic rings. The number of nitrogens with zero attached hydrogens (tertiary/aromatic N) is 6. The third-order valence-electron chi connectivity index (χ3n) is 23.7. The van der Waals surface area contributed by atoms with Crippen molar-refractivity contribution in [3.63, 3.8) is 0 Å². The smallest absolute Gasteiger partial charge is 0.227 e. The van der Waals surface area contributed by atoms with Crippen LogP contribution in [0.5, 0.6) is 0 Å². The number of oxazole rings is 2. The van der Waals surface area contributed by atoms with E-state index in [2.05, 4.69) is 353 Å². The van der Waals surface area contributed by atoms with Crippen molar-refractivity contribution in [1.29, 1.82) is 0 Å². The highest BCUT2D eigenvalue weighted by molar-refractivity contribution is 6.19. The Morgan fingerprint density at radius 2 is 0.675 bits per heavy atom. The molecule has 0 aliphatic heterocycles. The average Bonchev–Trinajstić information content (AvgIpc) is 1.57. The largest absolute Gasteiger partial charge is 0.456 e. The van der Waals surface area contributed by atoms with E-state index in [4.69, 9.17) is 27.6 Å². The van der Waals surface area contributed by atoms with Gasteiger partial charge >= 0.3 is 0 Å². The van der Waals surface area contributed by atoms with Crippen LogP contribution in [-0.4, -0.2) is 19.1 Å².